The van der Waals surface area contributed by atoms with Crippen LogP contribution in [0.4, 0.5) is 0 Å². The summed E-state index contributed by atoms with van der Waals surface area (Å²) in [4.78, 5) is 31.8. The summed E-state index contributed by atoms with van der Waals surface area (Å²) >= 11 is 0. The second-order valence-electron chi connectivity index (χ2n) is 11.5. The SMILES string of the molecule is CC(C)(N)C(=O)N[C@H](Cc1c[nH]c2ccccc12)C(=O)N1CCC2(CC1)CC(S(C)(=O)=O)c1ccccc12. The number of amides is 2. The molecule has 0 bridgehead atoms. The number of aromatic nitrogens is 1. The van der Waals surface area contributed by atoms with Crippen LogP contribution in [0.3, 0.4) is 0 Å². The van der Waals surface area contributed by atoms with Crippen LogP contribution in [0.25, 0.3) is 10.9 Å². The van der Waals surface area contributed by atoms with E-state index in [9.17, 15) is 18.0 Å². The molecule has 0 saturated carbocycles. The Labute approximate surface area is 223 Å². The zero-order valence-electron chi connectivity index (χ0n) is 22.2. The van der Waals surface area contributed by atoms with E-state index < -0.39 is 26.7 Å². The van der Waals surface area contributed by atoms with E-state index in [0.29, 0.717) is 38.8 Å². The zero-order valence-corrected chi connectivity index (χ0v) is 23.0. The number of rotatable bonds is 6. The first kappa shape index (κ1) is 26.4. The van der Waals surface area contributed by atoms with E-state index in [1.54, 1.807) is 13.8 Å². The lowest BCUT2D eigenvalue weighted by Gasteiger charge is -2.41. The molecular formula is C29H36N4O4S. The van der Waals surface area contributed by atoms with Crippen molar-refractivity contribution >= 4 is 32.6 Å². The number of nitrogens with one attached hydrogen (secondary N) is 2. The number of H-pyrrole nitrogens is 1. The molecule has 38 heavy (non-hydrogen) atoms. The highest BCUT2D eigenvalue weighted by atomic mass is 32.2. The molecule has 3 aromatic rings. The minimum atomic E-state index is -3.25. The van der Waals surface area contributed by atoms with Crippen molar-refractivity contribution in [1.29, 1.82) is 0 Å². The molecule has 4 N–H and O–H groups in total. The van der Waals surface area contributed by atoms with Gasteiger partial charge in [-0.05, 0) is 55.9 Å². The summed E-state index contributed by atoms with van der Waals surface area (Å²) in [5.41, 5.74) is 8.56. The van der Waals surface area contributed by atoms with Gasteiger partial charge in [-0.3, -0.25) is 9.59 Å². The first-order valence-corrected chi connectivity index (χ1v) is 15.1. The van der Waals surface area contributed by atoms with Crippen LogP contribution in [0, 0.1) is 0 Å². The smallest absolute Gasteiger partial charge is 0.245 e. The molecule has 1 unspecified atom stereocenters. The number of carbonyl (C=O) groups is 2. The minimum absolute atomic E-state index is 0.145. The third-order valence-corrected chi connectivity index (χ3v) is 9.75. The average Bonchev–Trinajstić information content (AvgIpc) is 3.43. The molecule has 1 saturated heterocycles. The highest BCUT2D eigenvalue weighted by Crippen LogP contribution is 2.53. The summed E-state index contributed by atoms with van der Waals surface area (Å²) in [5, 5.41) is 3.41. The molecule has 0 radical (unpaired) electrons. The van der Waals surface area contributed by atoms with Crippen LogP contribution in [-0.4, -0.2) is 61.0 Å². The van der Waals surface area contributed by atoms with Crippen molar-refractivity contribution in [1.82, 2.24) is 15.2 Å². The number of nitrogens with two attached hydrogens (primary N) is 1. The van der Waals surface area contributed by atoms with Gasteiger partial charge >= 0.3 is 0 Å². The fraction of sp³-hybridized carbons (Fsp3) is 0.448. The predicted octanol–water partition coefficient (Wildman–Crippen LogP) is 2.98. The van der Waals surface area contributed by atoms with E-state index in [-0.39, 0.29) is 17.2 Å². The Kier molecular flexibility index (Phi) is 6.64. The molecule has 9 heteroatoms. The standard InChI is InChI=1S/C29H36N4O4S/c1-28(2,30)27(35)32-24(16-19-18-31-23-11-7-5-8-20(19)23)26(34)33-14-12-29(13-15-33)17-25(38(3,36)37)21-9-4-6-10-22(21)29/h4-11,18,24-25,31H,12-17,30H2,1-3H3,(H,32,35)/t24-,25?/m1/s1. The van der Waals surface area contributed by atoms with Gasteiger partial charge in [-0.15, -0.1) is 0 Å². The summed E-state index contributed by atoms with van der Waals surface area (Å²) < 4.78 is 25.2. The number of likely N-dealkylation sites (tertiary alicyclic amines) is 1. The highest BCUT2D eigenvalue weighted by Gasteiger charge is 2.49. The summed E-state index contributed by atoms with van der Waals surface area (Å²) in [7, 11) is -3.25. The van der Waals surface area contributed by atoms with Crippen LogP contribution in [0.5, 0.6) is 0 Å². The third kappa shape index (κ3) is 4.85. The fourth-order valence-electron chi connectivity index (χ4n) is 6.13. The molecule has 2 atom stereocenters. The van der Waals surface area contributed by atoms with Crippen LogP contribution in [0.2, 0.25) is 0 Å². The van der Waals surface area contributed by atoms with Gasteiger partial charge in [0.05, 0.1) is 10.8 Å². The molecule has 1 aromatic heterocycles. The van der Waals surface area contributed by atoms with E-state index in [1.165, 1.54) is 6.26 Å². The molecule has 1 aliphatic heterocycles. The highest BCUT2D eigenvalue weighted by molar-refractivity contribution is 7.90. The zero-order chi connectivity index (χ0) is 27.3. The monoisotopic (exact) mass is 536 g/mol. The molecule has 1 fully saturated rings. The molecule has 202 valence electrons. The van der Waals surface area contributed by atoms with Crippen LogP contribution in [0.1, 0.15) is 55.1 Å². The lowest BCUT2D eigenvalue weighted by molar-refractivity contribution is -0.138. The van der Waals surface area contributed by atoms with Gasteiger partial charge in [0.15, 0.2) is 9.84 Å². The van der Waals surface area contributed by atoms with E-state index in [4.69, 9.17) is 5.73 Å². The summed E-state index contributed by atoms with van der Waals surface area (Å²) in [6, 6.07) is 14.9. The topological polar surface area (TPSA) is 125 Å². The van der Waals surface area contributed by atoms with Gasteiger partial charge in [0.1, 0.15) is 6.04 Å². The van der Waals surface area contributed by atoms with Crippen molar-refractivity contribution in [2.45, 2.75) is 61.8 Å². The number of carbonyl (C=O) groups excluding carboxylic acids is 2. The number of aromatic amines is 1. The first-order valence-electron chi connectivity index (χ1n) is 13.1. The molecular weight excluding hydrogens is 500 g/mol. The second-order valence-corrected chi connectivity index (χ2v) is 13.8. The fourth-order valence-corrected chi connectivity index (χ4v) is 7.42. The number of para-hydroxylation sites is 1. The van der Waals surface area contributed by atoms with Crippen molar-refractivity contribution in [3.63, 3.8) is 0 Å². The Bertz CT molecular complexity index is 1480. The summed E-state index contributed by atoms with van der Waals surface area (Å²) in [6.07, 6.45) is 5.44. The molecule has 2 aliphatic rings. The lowest BCUT2D eigenvalue weighted by Crippen LogP contribution is -2.58. The third-order valence-electron chi connectivity index (χ3n) is 8.29. The molecule has 1 aliphatic carbocycles. The molecule has 5 rings (SSSR count). The lowest BCUT2D eigenvalue weighted by atomic mass is 9.73. The summed E-state index contributed by atoms with van der Waals surface area (Å²) in [5.74, 6) is -0.529. The number of hydrogen-bond acceptors (Lipinski definition) is 5. The van der Waals surface area contributed by atoms with Crippen LogP contribution in [0.15, 0.2) is 54.7 Å². The number of hydrogen-bond donors (Lipinski definition) is 3. The van der Waals surface area contributed by atoms with Crippen molar-refractivity contribution in [2.24, 2.45) is 5.73 Å². The molecule has 1 spiro atoms. The van der Waals surface area contributed by atoms with Crippen LogP contribution in [-0.2, 0) is 31.3 Å². The number of piperidine rings is 1. The van der Waals surface area contributed by atoms with Gasteiger partial charge in [0.2, 0.25) is 11.8 Å². The molecule has 2 amide bonds. The molecule has 2 heterocycles. The van der Waals surface area contributed by atoms with E-state index in [1.807, 2.05) is 59.6 Å². The van der Waals surface area contributed by atoms with Gasteiger partial charge in [-0.2, -0.15) is 0 Å². The second kappa shape index (κ2) is 9.54. The Morgan fingerprint density at radius 2 is 1.79 bits per heavy atom. The molecule has 8 nitrogen and oxygen atoms in total. The quantitative estimate of drug-likeness (QED) is 0.447. The van der Waals surface area contributed by atoms with Gasteiger partial charge < -0.3 is 20.9 Å². The maximum atomic E-state index is 13.9. The van der Waals surface area contributed by atoms with Crippen LogP contribution < -0.4 is 11.1 Å². The predicted molar refractivity (Wildman–Crippen MR) is 148 cm³/mol. The Balaban J connectivity index is 1.37. The first-order chi connectivity index (χ1) is 17.9. The van der Waals surface area contributed by atoms with Gasteiger partial charge in [-0.25, -0.2) is 8.42 Å². The number of nitrogens with zero attached hydrogens (tertiary/aromatic N) is 1. The van der Waals surface area contributed by atoms with Gasteiger partial charge in [-0.1, -0.05) is 42.5 Å². The van der Waals surface area contributed by atoms with Crippen molar-refractivity contribution in [2.75, 3.05) is 19.3 Å². The number of fused-ring (bicyclic) bond motifs is 3. The molecule has 2 aromatic carbocycles. The maximum Gasteiger partial charge on any atom is 0.245 e. The van der Waals surface area contributed by atoms with Crippen LogP contribution >= 0.6 is 0 Å². The largest absolute Gasteiger partial charge is 0.361 e. The van der Waals surface area contributed by atoms with Gasteiger partial charge in [0, 0.05) is 48.3 Å². The van der Waals surface area contributed by atoms with Crippen molar-refractivity contribution < 1.29 is 18.0 Å². The minimum Gasteiger partial charge on any atom is -0.361 e. The maximum absolute atomic E-state index is 13.9. The normalized spacial score (nSPS) is 19.9. The number of sulfone groups is 1. The van der Waals surface area contributed by atoms with E-state index >= 15 is 0 Å². The van der Waals surface area contributed by atoms with E-state index in [0.717, 1.165) is 27.6 Å². The summed E-state index contributed by atoms with van der Waals surface area (Å²) in [6.45, 7) is 4.23. The average molecular weight is 537 g/mol. The number of benzene rings is 2. The Hall–Kier alpha value is -3.17. The Morgan fingerprint density at radius 3 is 2.47 bits per heavy atom. The van der Waals surface area contributed by atoms with Crippen molar-refractivity contribution in [3.8, 4) is 0 Å². The van der Waals surface area contributed by atoms with Crippen molar-refractivity contribution in [3.05, 3.63) is 71.4 Å². The Morgan fingerprint density at radius 1 is 1.13 bits per heavy atom. The van der Waals surface area contributed by atoms with Gasteiger partial charge in [0.25, 0.3) is 0 Å². The van der Waals surface area contributed by atoms with E-state index in [2.05, 4.69) is 10.3 Å².